The molecule has 0 saturated heterocycles. The molecule has 0 aliphatic rings. The summed E-state index contributed by atoms with van der Waals surface area (Å²) < 4.78 is 0. The molecule has 1 aromatic carbocycles. The molecular formula is C10H10O2. The molecule has 0 aliphatic carbocycles. The Bertz CT molecular complexity index is 264. The van der Waals surface area contributed by atoms with E-state index in [1.165, 1.54) is 12.2 Å². The van der Waals surface area contributed by atoms with Gasteiger partial charge in [0.2, 0.25) is 0 Å². The van der Waals surface area contributed by atoms with E-state index in [0.29, 0.717) is 6.29 Å². The number of aliphatic hydroxyl groups excluding tert-OH is 1. The molecule has 1 unspecified atom stereocenters. The van der Waals surface area contributed by atoms with Crippen molar-refractivity contribution in [1.82, 2.24) is 0 Å². The van der Waals surface area contributed by atoms with Crippen LogP contribution in [0.1, 0.15) is 11.7 Å². The van der Waals surface area contributed by atoms with Crippen LogP contribution in [0.15, 0.2) is 42.5 Å². The minimum absolute atomic E-state index is 0.645. The Balaban J connectivity index is 2.71. The summed E-state index contributed by atoms with van der Waals surface area (Å²) in [4.78, 5) is 9.94. The molecule has 1 rings (SSSR count). The van der Waals surface area contributed by atoms with Crippen LogP contribution in [0.3, 0.4) is 0 Å². The quantitative estimate of drug-likeness (QED) is 0.540. The maximum absolute atomic E-state index is 9.94. The van der Waals surface area contributed by atoms with Crippen LogP contribution in [0.5, 0.6) is 0 Å². The van der Waals surface area contributed by atoms with Gasteiger partial charge in [0.05, 0.1) is 6.10 Å². The number of aliphatic hydroxyl groups is 1. The first-order chi connectivity index (χ1) is 5.84. The molecule has 12 heavy (non-hydrogen) atoms. The van der Waals surface area contributed by atoms with Crippen molar-refractivity contribution in [3.63, 3.8) is 0 Å². The molecule has 0 aromatic heterocycles. The van der Waals surface area contributed by atoms with Crippen LogP contribution in [-0.4, -0.2) is 11.4 Å². The van der Waals surface area contributed by atoms with Crippen molar-refractivity contribution < 1.29 is 9.90 Å². The fourth-order valence-corrected chi connectivity index (χ4v) is 0.912. The van der Waals surface area contributed by atoms with Crippen molar-refractivity contribution >= 4 is 6.29 Å². The Morgan fingerprint density at radius 1 is 1.25 bits per heavy atom. The summed E-state index contributed by atoms with van der Waals surface area (Å²) >= 11 is 0. The minimum atomic E-state index is -0.684. The predicted octanol–water partition coefficient (Wildman–Crippen LogP) is 1.48. The molecule has 2 nitrogen and oxygen atoms in total. The molecule has 0 radical (unpaired) electrons. The first-order valence-electron chi connectivity index (χ1n) is 3.69. The number of benzene rings is 1. The third-order valence-electron chi connectivity index (χ3n) is 1.51. The van der Waals surface area contributed by atoms with Crippen molar-refractivity contribution in [2.45, 2.75) is 6.10 Å². The maximum Gasteiger partial charge on any atom is 0.142 e. The summed E-state index contributed by atoms with van der Waals surface area (Å²) in [5.74, 6) is 0. The molecule has 62 valence electrons. The lowest BCUT2D eigenvalue weighted by Crippen LogP contribution is -1.91. The van der Waals surface area contributed by atoms with Gasteiger partial charge in [0.15, 0.2) is 0 Å². The Hall–Kier alpha value is -1.41. The van der Waals surface area contributed by atoms with E-state index in [-0.39, 0.29) is 0 Å². The van der Waals surface area contributed by atoms with E-state index < -0.39 is 6.10 Å². The van der Waals surface area contributed by atoms with Gasteiger partial charge >= 0.3 is 0 Å². The average Bonchev–Trinajstić information content (AvgIpc) is 2.15. The first kappa shape index (κ1) is 8.68. The summed E-state index contributed by atoms with van der Waals surface area (Å²) in [6, 6.07) is 9.17. The van der Waals surface area contributed by atoms with Gasteiger partial charge in [0, 0.05) is 0 Å². The zero-order valence-corrected chi connectivity index (χ0v) is 6.55. The molecule has 0 bridgehead atoms. The van der Waals surface area contributed by atoms with Crippen molar-refractivity contribution in [2.75, 3.05) is 0 Å². The van der Waals surface area contributed by atoms with E-state index in [0.717, 1.165) is 5.56 Å². The van der Waals surface area contributed by atoms with Gasteiger partial charge in [-0.1, -0.05) is 30.3 Å². The van der Waals surface area contributed by atoms with Crippen LogP contribution in [0.25, 0.3) is 0 Å². The molecule has 1 aromatic rings. The van der Waals surface area contributed by atoms with Crippen LogP contribution in [0.4, 0.5) is 0 Å². The number of allylic oxidation sites excluding steroid dienone is 1. The summed E-state index contributed by atoms with van der Waals surface area (Å²) in [5, 5.41) is 9.41. The molecule has 0 fully saturated rings. The molecular weight excluding hydrogens is 152 g/mol. The third-order valence-corrected chi connectivity index (χ3v) is 1.51. The lowest BCUT2D eigenvalue weighted by atomic mass is 10.1. The summed E-state index contributed by atoms with van der Waals surface area (Å²) in [6.45, 7) is 0. The number of aldehydes is 1. The summed E-state index contributed by atoms with van der Waals surface area (Å²) in [5.41, 5.74) is 0.788. The van der Waals surface area contributed by atoms with E-state index in [1.54, 1.807) is 12.1 Å². The van der Waals surface area contributed by atoms with E-state index >= 15 is 0 Å². The maximum atomic E-state index is 9.94. The van der Waals surface area contributed by atoms with Gasteiger partial charge in [0.1, 0.15) is 6.29 Å². The van der Waals surface area contributed by atoms with Crippen molar-refractivity contribution in [2.24, 2.45) is 0 Å². The Kier molecular flexibility index (Phi) is 3.23. The molecule has 1 atom stereocenters. The Labute approximate surface area is 71.2 Å². The molecule has 0 aliphatic heterocycles. The molecule has 0 amide bonds. The van der Waals surface area contributed by atoms with Crippen LogP contribution >= 0.6 is 0 Å². The van der Waals surface area contributed by atoms with Crippen molar-refractivity contribution in [3.8, 4) is 0 Å². The fraction of sp³-hybridized carbons (Fsp3) is 0.100. The third kappa shape index (κ3) is 2.32. The second kappa shape index (κ2) is 4.46. The second-order valence-electron chi connectivity index (χ2n) is 2.38. The summed E-state index contributed by atoms with van der Waals surface area (Å²) in [7, 11) is 0. The monoisotopic (exact) mass is 162 g/mol. The van der Waals surface area contributed by atoms with E-state index in [1.807, 2.05) is 18.2 Å². The predicted molar refractivity (Wildman–Crippen MR) is 46.6 cm³/mol. The number of hydrogen-bond acceptors (Lipinski definition) is 2. The molecule has 0 heterocycles. The van der Waals surface area contributed by atoms with E-state index in [2.05, 4.69) is 0 Å². The van der Waals surface area contributed by atoms with Gasteiger partial charge in [-0.25, -0.2) is 0 Å². The smallest absolute Gasteiger partial charge is 0.142 e. The molecule has 0 spiro atoms. The highest BCUT2D eigenvalue weighted by atomic mass is 16.3. The number of carbonyl (C=O) groups excluding carboxylic acids is 1. The number of hydrogen-bond donors (Lipinski definition) is 1. The van der Waals surface area contributed by atoms with Crippen LogP contribution in [-0.2, 0) is 4.79 Å². The highest BCUT2D eigenvalue weighted by Crippen LogP contribution is 2.12. The van der Waals surface area contributed by atoms with Crippen molar-refractivity contribution in [1.29, 1.82) is 0 Å². The van der Waals surface area contributed by atoms with E-state index in [4.69, 9.17) is 0 Å². The zero-order valence-electron chi connectivity index (χ0n) is 6.55. The lowest BCUT2D eigenvalue weighted by molar-refractivity contribution is -0.104. The molecule has 0 saturated carbocycles. The highest BCUT2D eigenvalue weighted by Gasteiger charge is 1.99. The van der Waals surface area contributed by atoms with Gasteiger partial charge in [-0.3, -0.25) is 4.79 Å². The number of carbonyl (C=O) groups is 1. The van der Waals surface area contributed by atoms with Crippen LogP contribution in [0.2, 0.25) is 0 Å². The zero-order chi connectivity index (χ0) is 8.81. The number of rotatable bonds is 3. The molecule has 2 heteroatoms. The van der Waals surface area contributed by atoms with Crippen LogP contribution in [0, 0.1) is 0 Å². The average molecular weight is 162 g/mol. The van der Waals surface area contributed by atoms with Gasteiger partial charge in [-0.05, 0) is 17.7 Å². The minimum Gasteiger partial charge on any atom is -0.384 e. The Morgan fingerprint density at radius 3 is 2.50 bits per heavy atom. The van der Waals surface area contributed by atoms with Crippen molar-refractivity contribution in [3.05, 3.63) is 48.0 Å². The second-order valence-corrected chi connectivity index (χ2v) is 2.38. The Morgan fingerprint density at radius 2 is 1.92 bits per heavy atom. The van der Waals surface area contributed by atoms with Gasteiger partial charge < -0.3 is 5.11 Å². The summed E-state index contributed by atoms with van der Waals surface area (Å²) in [6.07, 6.45) is 2.70. The lowest BCUT2D eigenvalue weighted by Gasteiger charge is -2.03. The SMILES string of the molecule is O=C/C=C/C(O)c1ccccc1. The largest absolute Gasteiger partial charge is 0.384 e. The topological polar surface area (TPSA) is 37.3 Å². The van der Waals surface area contributed by atoms with Gasteiger partial charge in [-0.15, -0.1) is 0 Å². The van der Waals surface area contributed by atoms with E-state index in [9.17, 15) is 9.90 Å². The van der Waals surface area contributed by atoms with Gasteiger partial charge in [0.25, 0.3) is 0 Å². The standard InChI is InChI=1S/C10H10O2/c11-8-4-7-10(12)9-5-2-1-3-6-9/h1-8,10,12H/b7-4+. The first-order valence-corrected chi connectivity index (χ1v) is 3.69. The fourth-order valence-electron chi connectivity index (χ4n) is 0.912. The molecule has 1 N–H and O–H groups in total. The normalized spacial score (nSPS) is 13.1. The van der Waals surface area contributed by atoms with Crippen LogP contribution < -0.4 is 0 Å². The van der Waals surface area contributed by atoms with Gasteiger partial charge in [-0.2, -0.15) is 0 Å². The highest BCUT2D eigenvalue weighted by molar-refractivity contribution is 5.64.